The van der Waals surface area contributed by atoms with E-state index in [0.717, 1.165) is 30.5 Å². The molecule has 1 aromatic rings. The molecule has 0 aromatic carbocycles. The predicted octanol–water partition coefficient (Wildman–Crippen LogP) is 1.62. The van der Waals surface area contributed by atoms with Crippen LogP contribution in [0.1, 0.15) is 30.5 Å². The van der Waals surface area contributed by atoms with Crippen molar-refractivity contribution in [1.82, 2.24) is 9.78 Å². The topological polar surface area (TPSA) is 60.9 Å². The van der Waals surface area contributed by atoms with Crippen LogP contribution in [0.2, 0.25) is 5.15 Å². The Morgan fingerprint density at radius 3 is 2.76 bits per heavy atom. The summed E-state index contributed by atoms with van der Waals surface area (Å²) >= 11 is 6.12. The van der Waals surface area contributed by atoms with E-state index in [1.165, 1.54) is 0 Å². The van der Waals surface area contributed by atoms with Gasteiger partial charge in [0.05, 0.1) is 5.69 Å². The maximum Gasteiger partial charge on any atom is 0.142 e. The van der Waals surface area contributed by atoms with E-state index in [1.807, 2.05) is 6.92 Å². The zero-order chi connectivity index (χ0) is 12.6. The molecule has 1 fully saturated rings. The van der Waals surface area contributed by atoms with Crippen LogP contribution in [0, 0.1) is 12.8 Å². The lowest BCUT2D eigenvalue weighted by atomic mass is 9.94. The van der Waals surface area contributed by atoms with Gasteiger partial charge < -0.3 is 5.73 Å². The molecule has 0 bridgehead atoms. The molecule has 17 heavy (non-hydrogen) atoms. The number of Topliss-reactive ketones (excluding diaryl/α,β-unsaturated/α-hetero) is 1. The molecule has 1 aliphatic carbocycles. The minimum absolute atomic E-state index is 0.00525. The summed E-state index contributed by atoms with van der Waals surface area (Å²) in [7, 11) is 1.78. The number of rotatable bonds is 3. The Morgan fingerprint density at radius 1 is 1.59 bits per heavy atom. The van der Waals surface area contributed by atoms with E-state index in [0.29, 0.717) is 11.6 Å². The van der Waals surface area contributed by atoms with Gasteiger partial charge in [0, 0.05) is 31.0 Å². The van der Waals surface area contributed by atoms with Crippen LogP contribution in [-0.4, -0.2) is 21.6 Å². The van der Waals surface area contributed by atoms with Crippen LogP contribution in [0.4, 0.5) is 0 Å². The van der Waals surface area contributed by atoms with Crippen LogP contribution in [0.5, 0.6) is 0 Å². The van der Waals surface area contributed by atoms with E-state index in [2.05, 4.69) is 5.10 Å². The van der Waals surface area contributed by atoms with Crippen molar-refractivity contribution in [3.05, 3.63) is 16.4 Å². The minimum atomic E-state index is 0.00525. The summed E-state index contributed by atoms with van der Waals surface area (Å²) in [5.41, 5.74) is 7.62. The van der Waals surface area contributed by atoms with Gasteiger partial charge in [-0.2, -0.15) is 5.10 Å². The molecule has 1 saturated carbocycles. The van der Waals surface area contributed by atoms with Crippen molar-refractivity contribution in [2.24, 2.45) is 18.7 Å². The first-order chi connectivity index (χ1) is 8.00. The van der Waals surface area contributed by atoms with Gasteiger partial charge in [-0.15, -0.1) is 0 Å². The molecule has 5 heteroatoms. The van der Waals surface area contributed by atoms with Crippen LogP contribution in [-0.2, 0) is 18.3 Å². The number of carbonyl (C=O) groups is 1. The van der Waals surface area contributed by atoms with Gasteiger partial charge >= 0.3 is 0 Å². The smallest absolute Gasteiger partial charge is 0.142 e. The molecule has 0 amide bonds. The summed E-state index contributed by atoms with van der Waals surface area (Å²) in [4.78, 5) is 12.2. The molecule has 0 radical (unpaired) electrons. The molecule has 2 unspecified atom stereocenters. The monoisotopic (exact) mass is 255 g/mol. The first kappa shape index (κ1) is 12.6. The normalized spacial score (nSPS) is 24.2. The zero-order valence-electron chi connectivity index (χ0n) is 10.2. The van der Waals surface area contributed by atoms with E-state index >= 15 is 0 Å². The SMILES string of the molecule is Cc1nn(C)c(Cl)c1CC(=O)C1CCCC1N. The predicted molar refractivity (Wildman–Crippen MR) is 67.0 cm³/mol. The molecule has 0 saturated heterocycles. The van der Waals surface area contributed by atoms with Crippen molar-refractivity contribution in [2.75, 3.05) is 0 Å². The maximum atomic E-state index is 12.2. The molecule has 2 N–H and O–H groups in total. The van der Waals surface area contributed by atoms with E-state index < -0.39 is 0 Å². The third-order valence-electron chi connectivity index (χ3n) is 3.60. The molecule has 94 valence electrons. The summed E-state index contributed by atoms with van der Waals surface area (Å²) in [6, 6.07) is 0.0262. The Bertz CT molecular complexity index is 441. The van der Waals surface area contributed by atoms with E-state index in [9.17, 15) is 4.79 Å². The second kappa shape index (κ2) is 4.78. The highest BCUT2D eigenvalue weighted by atomic mass is 35.5. The number of ketones is 1. The third-order valence-corrected chi connectivity index (χ3v) is 4.08. The van der Waals surface area contributed by atoms with Gasteiger partial charge in [0.25, 0.3) is 0 Å². The van der Waals surface area contributed by atoms with Crippen molar-refractivity contribution < 1.29 is 4.79 Å². The number of nitrogens with two attached hydrogens (primary N) is 1. The first-order valence-electron chi connectivity index (χ1n) is 5.97. The highest BCUT2D eigenvalue weighted by Crippen LogP contribution is 2.28. The number of aryl methyl sites for hydroxylation is 2. The summed E-state index contributed by atoms with van der Waals surface area (Å²) in [5.74, 6) is 0.207. The summed E-state index contributed by atoms with van der Waals surface area (Å²) in [5, 5.41) is 4.77. The summed E-state index contributed by atoms with van der Waals surface area (Å²) in [6.07, 6.45) is 3.28. The zero-order valence-corrected chi connectivity index (χ0v) is 11.0. The van der Waals surface area contributed by atoms with Crippen LogP contribution < -0.4 is 5.73 Å². The van der Waals surface area contributed by atoms with E-state index in [4.69, 9.17) is 17.3 Å². The standard InChI is InChI=1S/C12H18ClN3O/c1-7-9(12(13)16(2)15-7)6-11(17)8-4-3-5-10(8)14/h8,10H,3-6,14H2,1-2H3. The number of aromatic nitrogens is 2. The molecule has 2 rings (SSSR count). The number of nitrogens with zero attached hydrogens (tertiary/aromatic N) is 2. The van der Waals surface area contributed by atoms with Gasteiger partial charge in [0.15, 0.2) is 0 Å². The van der Waals surface area contributed by atoms with Crippen molar-refractivity contribution in [3.8, 4) is 0 Å². The largest absolute Gasteiger partial charge is 0.327 e. The summed E-state index contributed by atoms with van der Waals surface area (Å²) < 4.78 is 1.61. The summed E-state index contributed by atoms with van der Waals surface area (Å²) in [6.45, 7) is 1.88. The van der Waals surface area contributed by atoms with Crippen molar-refractivity contribution in [2.45, 2.75) is 38.6 Å². The molecule has 0 spiro atoms. The lowest BCUT2D eigenvalue weighted by molar-refractivity contribution is -0.122. The van der Waals surface area contributed by atoms with Crippen LogP contribution in [0.25, 0.3) is 0 Å². The fourth-order valence-corrected chi connectivity index (χ4v) is 2.81. The first-order valence-corrected chi connectivity index (χ1v) is 6.34. The molecule has 2 atom stereocenters. The number of hydrogen-bond donors (Lipinski definition) is 1. The third kappa shape index (κ3) is 2.38. The second-order valence-corrected chi connectivity index (χ2v) is 5.18. The van der Waals surface area contributed by atoms with Crippen molar-refractivity contribution in [1.29, 1.82) is 0 Å². The van der Waals surface area contributed by atoms with Crippen LogP contribution in [0.3, 0.4) is 0 Å². The molecule has 0 aliphatic heterocycles. The molecule has 1 aromatic heterocycles. The van der Waals surface area contributed by atoms with Gasteiger partial charge in [-0.05, 0) is 19.8 Å². The molecule has 1 heterocycles. The van der Waals surface area contributed by atoms with Crippen molar-refractivity contribution in [3.63, 3.8) is 0 Å². The molecule has 1 aliphatic rings. The number of hydrogen-bond acceptors (Lipinski definition) is 3. The fraction of sp³-hybridized carbons (Fsp3) is 0.667. The second-order valence-electron chi connectivity index (χ2n) is 4.82. The van der Waals surface area contributed by atoms with Gasteiger partial charge in [-0.25, -0.2) is 0 Å². The van der Waals surface area contributed by atoms with Gasteiger partial charge in [0.1, 0.15) is 10.9 Å². The Labute approximate surface area is 106 Å². The number of carbonyl (C=O) groups excluding carboxylic acids is 1. The molecular formula is C12H18ClN3O. The van der Waals surface area contributed by atoms with E-state index in [-0.39, 0.29) is 17.7 Å². The Balaban J connectivity index is 2.13. The highest BCUT2D eigenvalue weighted by molar-refractivity contribution is 6.30. The molecule has 4 nitrogen and oxygen atoms in total. The van der Waals surface area contributed by atoms with Crippen LogP contribution in [0.15, 0.2) is 0 Å². The fourth-order valence-electron chi connectivity index (χ4n) is 2.57. The highest BCUT2D eigenvalue weighted by Gasteiger charge is 2.31. The van der Waals surface area contributed by atoms with Crippen molar-refractivity contribution >= 4 is 17.4 Å². The Kier molecular flexibility index (Phi) is 3.54. The lowest BCUT2D eigenvalue weighted by Crippen LogP contribution is -2.31. The van der Waals surface area contributed by atoms with Gasteiger partial charge in [-0.3, -0.25) is 9.48 Å². The quantitative estimate of drug-likeness (QED) is 0.893. The van der Waals surface area contributed by atoms with Crippen LogP contribution >= 0.6 is 11.6 Å². The van der Waals surface area contributed by atoms with Gasteiger partial charge in [0.2, 0.25) is 0 Å². The Morgan fingerprint density at radius 2 is 2.29 bits per heavy atom. The molecular weight excluding hydrogens is 238 g/mol. The number of halogens is 1. The van der Waals surface area contributed by atoms with Gasteiger partial charge in [-0.1, -0.05) is 18.0 Å². The minimum Gasteiger partial charge on any atom is -0.327 e. The average molecular weight is 256 g/mol. The average Bonchev–Trinajstić information content (AvgIpc) is 2.78. The lowest BCUT2D eigenvalue weighted by Gasteiger charge is -2.13. The maximum absolute atomic E-state index is 12.2. The van der Waals surface area contributed by atoms with E-state index in [1.54, 1.807) is 11.7 Å². The Hall–Kier alpha value is -0.870.